The van der Waals surface area contributed by atoms with Crippen LogP contribution in [0.15, 0.2) is 65.3 Å². The summed E-state index contributed by atoms with van der Waals surface area (Å²) in [6.07, 6.45) is 4.22. The Morgan fingerprint density at radius 1 is 1.04 bits per heavy atom. The maximum absolute atomic E-state index is 12.5. The lowest BCUT2D eigenvalue weighted by molar-refractivity contribution is -0.137. The standard InChI is InChI=1S/C21H20ClNO4S/c1-26-20(24)16-12-23(10-9-14-5-7-15(22)8-6-14)13-17(21(25)27-2)19(16)18-4-3-11-28-18/h3-8,11-13,19H,9-10H2,1-2H3. The number of carbonyl (C=O) groups is 2. The zero-order chi connectivity index (χ0) is 20.1. The Labute approximate surface area is 172 Å². The van der Waals surface area contributed by atoms with E-state index in [0.717, 1.165) is 16.9 Å². The van der Waals surface area contributed by atoms with Crippen molar-refractivity contribution in [1.82, 2.24) is 4.90 Å². The highest BCUT2D eigenvalue weighted by atomic mass is 35.5. The second kappa shape index (κ2) is 9.08. The van der Waals surface area contributed by atoms with Gasteiger partial charge in [0.05, 0.1) is 31.3 Å². The van der Waals surface area contributed by atoms with Gasteiger partial charge in [0.1, 0.15) is 0 Å². The third-order valence-electron chi connectivity index (χ3n) is 4.47. The van der Waals surface area contributed by atoms with Crippen LogP contribution in [-0.4, -0.2) is 37.6 Å². The van der Waals surface area contributed by atoms with Crippen LogP contribution in [0.5, 0.6) is 0 Å². The number of ether oxygens (including phenoxy) is 2. The largest absolute Gasteiger partial charge is 0.466 e. The van der Waals surface area contributed by atoms with Gasteiger partial charge in [0.25, 0.3) is 0 Å². The fraction of sp³-hybridized carbons (Fsp3) is 0.238. The summed E-state index contributed by atoms with van der Waals surface area (Å²) >= 11 is 7.41. The first-order chi connectivity index (χ1) is 13.5. The molecule has 146 valence electrons. The summed E-state index contributed by atoms with van der Waals surface area (Å²) in [6, 6.07) is 11.4. The Morgan fingerprint density at radius 2 is 1.64 bits per heavy atom. The summed E-state index contributed by atoms with van der Waals surface area (Å²) in [5.41, 5.74) is 1.92. The maximum Gasteiger partial charge on any atom is 0.336 e. The first kappa shape index (κ1) is 20.2. The summed E-state index contributed by atoms with van der Waals surface area (Å²) in [4.78, 5) is 27.7. The minimum atomic E-state index is -0.508. The molecule has 28 heavy (non-hydrogen) atoms. The van der Waals surface area contributed by atoms with Crippen LogP contribution >= 0.6 is 22.9 Å². The maximum atomic E-state index is 12.5. The molecular weight excluding hydrogens is 398 g/mol. The Kier molecular flexibility index (Phi) is 6.54. The summed E-state index contributed by atoms with van der Waals surface area (Å²) in [7, 11) is 2.67. The number of nitrogens with zero attached hydrogens (tertiary/aromatic N) is 1. The van der Waals surface area contributed by atoms with Crippen LogP contribution in [0.25, 0.3) is 0 Å². The minimum Gasteiger partial charge on any atom is -0.466 e. The molecule has 0 N–H and O–H groups in total. The topological polar surface area (TPSA) is 55.8 Å². The summed E-state index contributed by atoms with van der Waals surface area (Å²) < 4.78 is 9.96. The van der Waals surface area contributed by atoms with Crippen molar-refractivity contribution < 1.29 is 19.1 Å². The number of methoxy groups -OCH3 is 2. The van der Waals surface area contributed by atoms with E-state index in [1.807, 2.05) is 46.7 Å². The molecule has 1 aromatic heterocycles. The van der Waals surface area contributed by atoms with Crippen LogP contribution < -0.4 is 0 Å². The third-order valence-corrected chi connectivity index (χ3v) is 5.66. The van der Waals surface area contributed by atoms with Crippen LogP contribution in [0.4, 0.5) is 0 Å². The molecule has 2 heterocycles. The smallest absolute Gasteiger partial charge is 0.336 e. The number of hydrogen-bond donors (Lipinski definition) is 0. The first-order valence-electron chi connectivity index (χ1n) is 8.67. The van der Waals surface area contributed by atoms with E-state index in [4.69, 9.17) is 21.1 Å². The second-order valence-electron chi connectivity index (χ2n) is 6.21. The molecule has 1 aliphatic heterocycles. The quantitative estimate of drug-likeness (QED) is 0.660. The number of thiophene rings is 1. The van der Waals surface area contributed by atoms with Crippen LogP contribution in [0, 0.1) is 0 Å². The number of rotatable bonds is 6. The van der Waals surface area contributed by atoms with E-state index in [0.29, 0.717) is 22.7 Å². The van der Waals surface area contributed by atoms with Crippen molar-refractivity contribution in [3.05, 3.63) is 80.8 Å². The van der Waals surface area contributed by atoms with E-state index >= 15 is 0 Å². The number of halogens is 1. The lowest BCUT2D eigenvalue weighted by Gasteiger charge is -2.29. The van der Waals surface area contributed by atoms with Crippen molar-refractivity contribution in [2.24, 2.45) is 0 Å². The molecule has 0 fully saturated rings. The van der Waals surface area contributed by atoms with Crippen molar-refractivity contribution in [1.29, 1.82) is 0 Å². The van der Waals surface area contributed by atoms with E-state index in [1.165, 1.54) is 25.6 Å². The average molecular weight is 418 g/mol. The lowest BCUT2D eigenvalue weighted by Crippen LogP contribution is -2.29. The predicted octanol–water partition coefficient (Wildman–Crippen LogP) is 4.16. The van der Waals surface area contributed by atoms with Crippen molar-refractivity contribution >= 4 is 34.9 Å². The van der Waals surface area contributed by atoms with Crippen molar-refractivity contribution in [3.63, 3.8) is 0 Å². The summed E-state index contributed by atoms with van der Waals surface area (Å²) in [6.45, 7) is 0.583. The van der Waals surface area contributed by atoms with Crippen molar-refractivity contribution in [2.45, 2.75) is 12.3 Å². The Balaban J connectivity index is 1.92. The van der Waals surface area contributed by atoms with Gasteiger partial charge in [-0.25, -0.2) is 9.59 Å². The van der Waals surface area contributed by atoms with Gasteiger partial charge in [0, 0.05) is 28.8 Å². The van der Waals surface area contributed by atoms with Gasteiger partial charge in [-0.2, -0.15) is 0 Å². The summed E-state index contributed by atoms with van der Waals surface area (Å²) in [5.74, 6) is -1.44. The molecule has 3 rings (SSSR count). The zero-order valence-corrected chi connectivity index (χ0v) is 17.1. The molecular formula is C21H20ClNO4S. The van der Waals surface area contributed by atoms with E-state index in [1.54, 1.807) is 12.4 Å². The molecule has 0 atom stereocenters. The molecule has 0 spiro atoms. The molecule has 0 saturated carbocycles. The molecule has 0 bridgehead atoms. The molecule has 0 aliphatic carbocycles. The van der Waals surface area contributed by atoms with Gasteiger partial charge in [0.15, 0.2) is 0 Å². The van der Waals surface area contributed by atoms with Gasteiger partial charge in [-0.3, -0.25) is 0 Å². The number of carbonyl (C=O) groups excluding carboxylic acids is 2. The first-order valence-corrected chi connectivity index (χ1v) is 9.93. The van der Waals surface area contributed by atoms with E-state index in [2.05, 4.69) is 0 Å². The van der Waals surface area contributed by atoms with Gasteiger partial charge < -0.3 is 14.4 Å². The van der Waals surface area contributed by atoms with E-state index in [9.17, 15) is 9.59 Å². The van der Waals surface area contributed by atoms with E-state index in [-0.39, 0.29) is 0 Å². The van der Waals surface area contributed by atoms with E-state index < -0.39 is 17.9 Å². The van der Waals surface area contributed by atoms with Crippen LogP contribution in [0.2, 0.25) is 5.02 Å². The highest BCUT2D eigenvalue weighted by Crippen LogP contribution is 2.39. The third kappa shape index (κ3) is 4.46. The van der Waals surface area contributed by atoms with Gasteiger partial charge in [-0.1, -0.05) is 29.8 Å². The molecule has 7 heteroatoms. The second-order valence-corrected chi connectivity index (χ2v) is 7.63. The Bertz CT molecular complexity index is 869. The van der Waals surface area contributed by atoms with Gasteiger partial charge >= 0.3 is 11.9 Å². The Hall–Kier alpha value is -2.57. The predicted molar refractivity (Wildman–Crippen MR) is 109 cm³/mol. The van der Waals surface area contributed by atoms with Crippen LogP contribution in [0.1, 0.15) is 16.4 Å². The highest BCUT2D eigenvalue weighted by Gasteiger charge is 2.35. The molecule has 0 radical (unpaired) electrons. The lowest BCUT2D eigenvalue weighted by atomic mass is 9.88. The molecule has 1 aromatic carbocycles. The molecule has 1 aliphatic rings. The van der Waals surface area contributed by atoms with Gasteiger partial charge in [0.2, 0.25) is 0 Å². The monoisotopic (exact) mass is 417 g/mol. The molecule has 5 nitrogen and oxygen atoms in total. The SMILES string of the molecule is COC(=O)C1=CN(CCc2ccc(Cl)cc2)C=C(C(=O)OC)C1c1cccs1. The molecule has 0 unspecified atom stereocenters. The number of hydrogen-bond acceptors (Lipinski definition) is 6. The molecule has 0 saturated heterocycles. The summed E-state index contributed by atoms with van der Waals surface area (Å²) in [5, 5.41) is 2.59. The zero-order valence-electron chi connectivity index (χ0n) is 15.6. The fourth-order valence-electron chi connectivity index (χ4n) is 3.09. The van der Waals surface area contributed by atoms with Crippen molar-refractivity contribution in [2.75, 3.05) is 20.8 Å². The van der Waals surface area contributed by atoms with Crippen LogP contribution in [0.3, 0.4) is 0 Å². The average Bonchev–Trinajstić information content (AvgIpc) is 3.25. The van der Waals surface area contributed by atoms with Crippen molar-refractivity contribution in [3.8, 4) is 0 Å². The molecule has 0 amide bonds. The fourth-order valence-corrected chi connectivity index (χ4v) is 4.08. The van der Waals surface area contributed by atoms with Crippen LogP contribution in [-0.2, 0) is 25.5 Å². The van der Waals surface area contributed by atoms with Gasteiger partial charge in [-0.15, -0.1) is 11.3 Å². The van der Waals surface area contributed by atoms with Gasteiger partial charge in [-0.05, 0) is 35.6 Å². The molecule has 2 aromatic rings. The Morgan fingerprint density at radius 3 is 2.14 bits per heavy atom. The minimum absolute atomic E-state index is 0.406. The number of benzene rings is 1. The number of esters is 2. The normalized spacial score (nSPS) is 14.3. The highest BCUT2D eigenvalue weighted by molar-refractivity contribution is 7.10.